The van der Waals surface area contributed by atoms with Crippen molar-refractivity contribution in [2.75, 3.05) is 0 Å². The molecule has 0 saturated heterocycles. The van der Waals surface area contributed by atoms with Crippen molar-refractivity contribution in [3.63, 3.8) is 0 Å². The predicted molar refractivity (Wildman–Crippen MR) is 103 cm³/mol. The van der Waals surface area contributed by atoms with Gasteiger partial charge in [0.2, 0.25) is 0 Å². The Kier molecular flexibility index (Phi) is 4.41. The summed E-state index contributed by atoms with van der Waals surface area (Å²) in [4.78, 5) is 0. The summed E-state index contributed by atoms with van der Waals surface area (Å²) < 4.78 is 1.11. The van der Waals surface area contributed by atoms with Crippen molar-refractivity contribution in [1.29, 1.82) is 0 Å². The first-order valence-electron chi connectivity index (χ1n) is 7.90. The second-order valence-electron chi connectivity index (χ2n) is 6.58. The molecule has 0 spiro atoms. The van der Waals surface area contributed by atoms with Crippen molar-refractivity contribution < 1.29 is 0 Å². The van der Waals surface area contributed by atoms with Crippen LogP contribution >= 0.6 is 15.9 Å². The molecule has 0 radical (unpaired) electrons. The molecule has 1 heteroatoms. The third-order valence-corrected chi connectivity index (χ3v) is 5.09. The Labute approximate surface area is 147 Å². The van der Waals surface area contributed by atoms with Gasteiger partial charge in [0, 0.05) is 9.89 Å². The number of hydrogen-bond donors (Lipinski definition) is 0. The normalized spacial score (nSPS) is 11.5. The zero-order valence-corrected chi connectivity index (χ0v) is 15.4. The average Bonchev–Trinajstić information content (AvgIpc) is 2.56. The molecule has 0 aromatic heterocycles. The minimum absolute atomic E-state index is 0.00590. The molecule has 0 amide bonds. The highest BCUT2D eigenvalue weighted by Crippen LogP contribution is 2.33. The summed E-state index contributed by atoms with van der Waals surface area (Å²) in [6, 6.07) is 26.2. The predicted octanol–water partition coefficient (Wildman–Crippen LogP) is 6.75. The van der Waals surface area contributed by atoms with E-state index in [0.717, 1.165) is 4.47 Å². The largest absolute Gasteiger partial charge is 0.0590 e. The molecule has 0 nitrogen and oxygen atoms in total. The van der Waals surface area contributed by atoms with E-state index < -0.39 is 0 Å². The molecule has 3 rings (SSSR count). The Bertz CT molecular complexity index is 779. The topological polar surface area (TPSA) is 0 Å². The van der Waals surface area contributed by atoms with Crippen LogP contribution in [0.2, 0.25) is 0 Å². The molecule has 0 unspecified atom stereocenters. The van der Waals surface area contributed by atoms with Crippen molar-refractivity contribution in [1.82, 2.24) is 0 Å². The van der Waals surface area contributed by atoms with Gasteiger partial charge in [-0.3, -0.25) is 0 Å². The standard InChI is InChI=1S/C22H21Br/c1-16-4-10-19(11-5-16)22(2,3)20-12-6-17(7-13-20)18-8-14-21(23)15-9-18/h4-15H,1-3H3. The highest BCUT2D eigenvalue weighted by Gasteiger charge is 2.22. The molecule has 0 bridgehead atoms. The number of hydrogen-bond acceptors (Lipinski definition) is 0. The van der Waals surface area contributed by atoms with Crippen molar-refractivity contribution >= 4 is 15.9 Å². The molecule has 0 atom stereocenters. The molecule has 0 aliphatic heterocycles. The van der Waals surface area contributed by atoms with Crippen LogP contribution in [0.15, 0.2) is 77.3 Å². The summed E-state index contributed by atoms with van der Waals surface area (Å²) in [6.07, 6.45) is 0. The van der Waals surface area contributed by atoms with Gasteiger partial charge in [0.25, 0.3) is 0 Å². The molecule has 0 N–H and O–H groups in total. The van der Waals surface area contributed by atoms with Gasteiger partial charge in [-0.15, -0.1) is 0 Å². The Hall–Kier alpha value is -1.86. The average molecular weight is 365 g/mol. The van der Waals surface area contributed by atoms with Crippen LogP contribution in [0.5, 0.6) is 0 Å². The van der Waals surface area contributed by atoms with Gasteiger partial charge in [0.05, 0.1) is 0 Å². The zero-order valence-electron chi connectivity index (χ0n) is 13.8. The van der Waals surface area contributed by atoms with E-state index in [-0.39, 0.29) is 5.41 Å². The van der Waals surface area contributed by atoms with Gasteiger partial charge in [-0.05, 0) is 41.3 Å². The van der Waals surface area contributed by atoms with Crippen molar-refractivity contribution in [3.8, 4) is 11.1 Å². The Morgan fingerprint density at radius 1 is 0.609 bits per heavy atom. The first kappa shape index (κ1) is 16.0. The van der Waals surface area contributed by atoms with Gasteiger partial charge in [-0.25, -0.2) is 0 Å². The van der Waals surface area contributed by atoms with Crippen LogP contribution in [0.25, 0.3) is 11.1 Å². The maximum atomic E-state index is 3.49. The third-order valence-electron chi connectivity index (χ3n) is 4.56. The summed E-state index contributed by atoms with van der Waals surface area (Å²) in [5, 5.41) is 0. The Morgan fingerprint density at radius 2 is 1.00 bits per heavy atom. The van der Waals surface area contributed by atoms with Crippen molar-refractivity contribution in [2.45, 2.75) is 26.2 Å². The maximum Gasteiger partial charge on any atom is 0.0175 e. The summed E-state index contributed by atoms with van der Waals surface area (Å²) >= 11 is 3.49. The van der Waals surface area contributed by atoms with Gasteiger partial charge in [0.1, 0.15) is 0 Å². The van der Waals surface area contributed by atoms with Crippen LogP contribution < -0.4 is 0 Å². The van der Waals surface area contributed by atoms with Crippen LogP contribution in [0, 0.1) is 6.92 Å². The first-order chi connectivity index (χ1) is 11.0. The van der Waals surface area contributed by atoms with E-state index in [1.807, 2.05) is 0 Å². The zero-order chi connectivity index (χ0) is 16.4. The smallest absolute Gasteiger partial charge is 0.0175 e. The van der Waals surface area contributed by atoms with Gasteiger partial charge in [-0.1, -0.05) is 96.0 Å². The van der Waals surface area contributed by atoms with Gasteiger partial charge in [-0.2, -0.15) is 0 Å². The third kappa shape index (κ3) is 3.40. The fourth-order valence-electron chi connectivity index (χ4n) is 2.86. The Balaban J connectivity index is 1.92. The lowest BCUT2D eigenvalue weighted by atomic mass is 9.77. The monoisotopic (exact) mass is 364 g/mol. The van der Waals surface area contributed by atoms with Crippen LogP contribution in [0.4, 0.5) is 0 Å². The molecule has 23 heavy (non-hydrogen) atoms. The molecule has 0 saturated carbocycles. The molecule has 3 aromatic carbocycles. The van der Waals surface area contributed by atoms with Gasteiger partial charge in [0.15, 0.2) is 0 Å². The molecule has 0 aliphatic rings. The SMILES string of the molecule is Cc1ccc(C(C)(C)c2ccc(-c3ccc(Br)cc3)cc2)cc1. The van der Waals surface area contributed by atoms with Crippen molar-refractivity contribution in [2.24, 2.45) is 0 Å². The fraction of sp³-hybridized carbons (Fsp3) is 0.182. The highest BCUT2D eigenvalue weighted by atomic mass is 79.9. The molecular formula is C22H21Br. The van der Waals surface area contributed by atoms with E-state index in [1.165, 1.54) is 27.8 Å². The molecule has 0 heterocycles. The van der Waals surface area contributed by atoms with Crippen LogP contribution in [0.1, 0.15) is 30.5 Å². The number of rotatable bonds is 3. The van der Waals surface area contributed by atoms with Gasteiger partial charge >= 0.3 is 0 Å². The van der Waals surface area contributed by atoms with E-state index in [0.29, 0.717) is 0 Å². The first-order valence-corrected chi connectivity index (χ1v) is 8.70. The maximum absolute atomic E-state index is 3.49. The summed E-state index contributed by atoms with van der Waals surface area (Å²) in [5.74, 6) is 0. The molecule has 116 valence electrons. The van der Waals surface area contributed by atoms with Crippen LogP contribution in [0.3, 0.4) is 0 Å². The van der Waals surface area contributed by atoms with E-state index in [1.54, 1.807) is 0 Å². The molecule has 0 aliphatic carbocycles. The minimum Gasteiger partial charge on any atom is -0.0590 e. The van der Waals surface area contributed by atoms with E-state index in [9.17, 15) is 0 Å². The van der Waals surface area contributed by atoms with E-state index >= 15 is 0 Å². The lowest BCUT2D eigenvalue weighted by Crippen LogP contribution is -2.18. The number of aryl methyl sites for hydroxylation is 1. The Morgan fingerprint density at radius 3 is 1.48 bits per heavy atom. The second kappa shape index (κ2) is 6.33. The quantitative estimate of drug-likeness (QED) is 0.482. The van der Waals surface area contributed by atoms with Crippen molar-refractivity contribution in [3.05, 3.63) is 94.0 Å². The number of benzene rings is 3. The number of halogens is 1. The molecule has 0 fully saturated rings. The summed E-state index contributed by atoms with van der Waals surface area (Å²) in [5.41, 5.74) is 6.48. The molecule has 3 aromatic rings. The lowest BCUT2D eigenvalue weighted by molar-refractivity contribution is 0.641. The minimum atomic E-state index is 0.00590. The molecular weight excluding hydrogens is 344 g/mol. The van der Waals surface area contributed by atoms with Gasteiger partial charge < -0.3 is 0 Å². The van der Waals surface area contributed by atoms with E-state index in [2.05, 4.69) is 109 Å². The van der Waals surface area contributed by atoms with Crippen LogP contribution in [-0.4, -0.2) is 0 Å². The fourth-order valence-corrected chi connectivity index (χ4v) is 3.12. The second-order valence-corrected chi connectivity index (χ2v) is 7.49. The van der Waals surface area contributed by atoms with E-state index in [4.69, 9.17) is 0 Å². The highest BCUT2D eigenvalue weighted by molar-refractivity contribution is 9.10. The summed E-state index contributed by atoms with van der Waals surface area (Å²) in [7, 11) is 0. The summed E-state index contributed by atoms with van der Waals surface area (Å²) in [6.45, 7) is 6.70. The lowest BCUT2D eigenvalue weighted by Gasteiger charge is -2.26. The van der Waals surface area contributed by atoms with Crippen LogP contribution in [-0.2, 0) is 5.41 Å².